The number of sulfonamides is 1. The standard InChI is InChI=1S/C21H25N3O6S/c1-14-6-8-15(9-7-14)22-21(26)23-16-10-11-19(18(13-16)29-2)31(27,28)24-12-4-5-17(24)20(25)30-3/h6-11,13,17H,4-5,12H2,1-3H3,(H2,22,23,26)/t17-/m0/s1. The minimum atomic E-state index is -4.00. The molecule has 166 valence electrons. The number of rotatable bonds is 6. The smallest absolute Gasteiger partial charge is 0.324 e. The van der Waals surface area contributed by atoms with E-state index in [1.165, 1.54) is 32.4 Å². The fourth-order valence-corrected chi connectivity index (χ4v) is 5.20. The number of nitrogens with zero attached hydrogens (tertiary/aromatic N) is 1. The molecule has 3 rings (SSSR count). The highest BCUT2D eigenvalue weighted by Gasteiger charge is 2.41. The van der Waals surface area contributed by atoms with Gasteiger partial charge in [-0.2, -0.15) is 4.31 Å². The highest BCUT2D eigenvalue weighted by Crippen LogP contribution is 2.33. The summed E-state index contributed by atoms with van der Waals surface area (Å²) in [6.07, 6.45) is 0.952. The largest absolute Gasteiger partial charge is 0.495 e. The first-order valence-electron chi connectivity index (χ1n) is 9.68. The van der Waals surface area contributed by atoms with Crippen LogP contribution in [0.1, 0.15) is 18.4 Å². The summed E-state index contributed by atoms with van der Waals surface area (Å²) in [5.74, 6) is -0.533. The van der Waals surface area contributed by atoms with E-state index < -0.39 is 28.1 Å². The predicted molar refractivity (Wildman–Crippen MR) is 116 cm³/mol. The van der Waals surface area contributed by atoms with Crippen molar-refractivity contribution < 1.29 is 27.5 Å². The lowest BCUT2D eigenvalue weighted by molar-refractivity contribution is -0.144. The number of carbonyl (C=O) groups is 2. The molecule has 1 saturated heterocycles. The van der Waals surface area contributed by atoms with Gasteiger partial charge in [0, 0.05) is 24.0 Å². The van der Waals surface area contributed by atoms with E-state index in [2.05, 4.69) is 10.6 Å². The van der Waals surface area contributed by atoms with Gasteiger partial charge in [0.05, 0.1) is 14.2 Å². The number of aryl methyl sites for hydroxylation is 1. The van der Waals surface area contributed by atoms with E-state index in [9.17, 15) is 18.0 Å². The molecular weight excluding hydrogens is 422 g/mol. The molecule has 2 N–H and O–H groups in total. The molecule has 10 heteroatoms. The van der Waals surface area contributed by atoms with Crippen LogP contribution in [-0.2, 0) is 19.6 Å². The number of esters is 1. The number of nitrogens with one attached hydrogen (secondary N) is 2. The van der Waals surface area contributed by atoms with Crippen molar-refractivity contribution >= 4 is 33.4 Å². The first-order chi connectivity index (χ1) is 14.8. The van der Waals surface area contributed by atoms with Crippen molar-refractivity contribution in [1.82, 2.24) is 4.31 Å². The minimum absolute atomic E-state index is 0.0589. The van der Waals surface area contributed by atoms with Gasteiger partial charge in [-0.3, -0.25) is 4.79 Å². The van der Waals surface area contributed by atoms with E-state index in [1.54, 1.807) is 12.1 Å². The lowest BCUT2D eigenvalue weighted by Gasteiger charge is -2.23. The van der Waals surface area contributed by atoms with Crippen molar-refractivity contribution in [1.29, 1.82) is 0 Å². The molecule has 1 aliphatic heterocycles. The second-order valence-electron chi connectivity index (χ2n) is 7.11. The molecule has 0 spiro atoms. The summed E-state index contributed by atoms with van der Waals surface area (Å²) in [4.78, 5) is 24.2. The van der Waals surface area contributed by atoms with E-state index in [1.807, 2.05) is 19.1 Å². The second-order valence-corrected chi connectivity index (χ2v) is 8.97. The molecule has 0 unspecified atom stereocenters. The van der Waals surface area contributed by atoms with Crippen LogP contribution in [0.15, 0.2) is 47.4 Å². The Morgan fingerprint density at radius 2 is 1.68 bits per heavy atom. The summed E-state index contributed by atoms with van der Waals surface area (Å²) in [5, 5.41) is 5.35. The van der Waals surface area contributed by atoms with Crippen LogP contribution in [0, 0.1) is 6.92 Å². The topological polar surface area (TPSA) is 114 Å². The van der Waals surface area contributed by atoms with Gasteiger partial charge in [0.1, 0.15) is 16.7 Å². The van der Waals surface area contributed by atoms with E-state index in [0.29, 0.717) is 24.2 Å². The average molecular weight is 448 g/mol. The van der Waals surface area contributed by atoms with Gasteiger partial charge in [-0.15, -0.1) is 0 Å². The third kappa shape index (κ3) is 4.97. The molecule has 2 amide bonds. The zero-order valence-electron chi connectivity index (χ0n) is 17.5. The zero-order valence-corrected chi connectivity index (χ0v) is 18.4. The van der Waals surface area contributed by atoms with Crippen molar-refractivity contribution in [3.8, 4) is 5.75 Å². The maximum absolute atomic E-state index is 13.2. The molecular formula is C21H25N3O6S. The molecule has 1 atom stereocenters. The van der Waals surface area contributed by atoms with E-state index >= 15 is 0 Å². The van der Waals surface area contributed by atoms with Gasteiger partial charge < -0.3 is 20.1 Å². The highest BCUT2D eigenvalue weighted by atomic mass is 32.2. The Bertz CT molecular complexity index is 1070. The summed E-state index contributed by atoms with van der Waals surface area (Å²) in [6.45, 7) is 2.16. The molecule has 1 heterocycles. The van der Waals surface area contributed by atoms with Crippen molar-refractivity contribution in [2.75, 3.05) is 31.4 Å². The molecule has 31 heavy (non-hydrogen) atoms. The summed E-state index contributed by atoms with van der Waals surface area (Å²) >= 11 is 0. The molecule has 0 radical (unpaired) electrons. The van der Waals surface area contributed by atoms with Gasteiger partial charge in [-0.25, -0.2) is 13.2 Å². The van der Waals surface area contributed by atoms with Crippen LogP contribution in [0.5, 0.6) is 5.75 Å². The van der Waals surface area contributed by atoms with Gasteiger partial charge >= 0.3 is 12.0 Å². The molecule has 0 aliphatic carbocycles. The number of ether oxygens (including phenoxy) is 2. The predicted octanol–water partition coefficient (Wildman–Crippen LogP) is 2.97. The van der Waals surface area contributed by atoms with Crippen molar-refractivity contribution in [3.05, 3.63) is 48.0 Å². The van der Waals surface area contributed by atoms with Crippen LogP contribution in [0.4, 0.5) is 16.2 Å². The number of hydrogen-bond donors (Lipinski definition) is 2. The van der Waals surface area contributed by atoms with E-state index in [0.717, 1.165) is 9.87 Å². The SMILES string of the molecule is COC(=O)[C@@H]1CCCN1S(=O)(=O)c1ccc(NC(=O)Nc2ccc(C)cc2)cc1OC. The number of urea groups is 1. The van der Waals surface area contributed by atoms with Gasteiger partial charge in [0.2, 0.25) is 10.0 Å². The second kappa shape index (κ2) is 9.36. The van der Waals surface area contributed by atoms with Crippen LogP contribution in [0.25, 0.3) is 0 Å². The van der Waals surface area contributed by atoms with Crippen LogP contribution < -0.4 is 15.4 Å². The molecule has 1 fully saturated rings. The lowest BCUT2D eigenvalue weighted by atomic mass is 10.2. The van der Waals surface area contributed by atoms with Crippen molar-refractivity contribution in [2.24, 2.45) is 0 Å². The maximum atomic E-state index is 13.2. The Morgan fingerprint density at radius 3 is 2.32 bits per heavy atom. The maximum Gasteiger partial charge on any atom is 0.324 e. The third-order valence-corrected chi connectivity index (χ3v) is 6.94. The Labute approximate surface area is 181 Å². The first kappa shape index (κ1) is 22.6. The normalized spacial score (nSPS) is 16.5. The van der Waals surface area contributed by atoms with Gasteiger partial charge in [0.15, 0.2) is 0 Å². The van der Waals surface area contributed by atoms with Crippen molar-refractivity contribution in [2.45, 2.75) is 30.7 Å². The number of hydrogen-bond acceptors (Lipinski definition) is 6. The third-order valence-electron chi connectivity index (χ3n) is 4.99. The molecule has 0 saturated carbocycles. The first-order valence-corrected chi connectivity index (χ1v) is 11.1. The highest BCUT2D eigenvalue weighted by molar-refractivity contribution is 7.89. The summed E-state index contributed by atoms with van der Waals surface area (Å²) < 4.78 is 37.5. The Balaban J connectivity index is 1.80. The number of methoxy groups -OCH3 is 2. The van der Waals surface area contributed by atoms with Crippen LogP contribution >= 0.6 is 0 Å². The summed E-state index contributed by atoms with van der Waals surface area (Å²) in [5.41, 5.74) is 2.04. The average Bonchev–Trinajstić information content (AvgIpc) is 3.25. The number of amides is 2. The van der Waals surface area contributed by atoms with Gasteiger partial charge in [-0.05, 0) is 44.0 Å². The molecule has 9 nitrogen and oxygen atoms in total. The monoisotopic (exact) mass is 447 g/mol. The molecule has 2 aromatic carbocycles. The lowest BCUT2D eigenvalue weighted by Crippen LogP contribution is -2.41. The van der Waals surface area contributed by atoms with E-state index in [-0.39, 0.29) is 17.2 Å². The zero-order chi connectivity index (χ0) is 22.6. The fourth-order valence-electron chi connectivity index (χ4n) is 3.41. The van der Waals surface area contributed by atoms with Gasteiger partial charge in [-0.1, -0.05) is 17.7 Å². The fraction of sp³-hybridized carbons (Fsp3) is 0.333. The molecule has 1 aliphatic rings. The molecule has 0 bridgehead atoms. The van der Waals surface area contributed by atoms with Crippen LogP contribution in [0.3, 0.4) is 0 Å². The van der Waals surface area contributed by atoms with Crippen LogP contribution in [0.2, 0.25) is 0 Å². The Morgan fingerprint density at radius 1 is 1.03 bits per heavy atom. The van der Waals surface area contributed by atoms with E-state index in [4.69, 9.17) is 9.47 Å². The number of carbonyl (C=O) groups excluding carboxylic acids is 2. The van der Waals surface area contributed by atoms with Crippen molar-refractivity contribution in [3.63, 3.8) is 0 Å². The summed E-state index contributed by atoms with van der Waals surface area (Å²) in [7, 11) is -1.43. The quantitative estimate of drug-likeness (QED) is 0.658. The number of anilines is 2. The number of benzene rings is 2. The molecule has 0 aromatic heterocycles. The Kier molecular flexibility index (Phi) is 6.81. The minimum Gasteiger partial charge on any atom is -0.495 e. The Hall–Kier alpha value is -3.11. The van der Waals surface area contributed by atoms with Gasteiger partial charge in [0.25, 0.3) is 0 Å². The molecule has 2 aromatic rings. The van der Waals surface area contributed by atoms with Crippen LogP contribution in [-0.4, -0.2) is 51.5 Å². The summed E-state index contributed by atoms with van der Waals surface area (Å²) in [6, 6.07) is 10.2.